The number of pyridine rings is 1. The van der Waals surface area contributed by atoms with Crippen LogP contribution in [0.25, 0.3) is 0 Å². The van der Waals surface area contributed by atoms with Crippen LogP contribution in [-0.2, 0) is 25.2 Å². The molecule has 0 aliphatic heterocycles. The first-order chi connectivity index (χ1) is 3.93. The van der Waals surface area contributed by atoms with E-state index in [1.54, 1.807) is 12.4 Å². The van der Waals surface area contributed by atoms with Gasteiger partial charge in [0.05, 0.1) is 0 Å². The summed E-state index contributed by atoms with van der Waals surface area (Å²) < 4.78 is 4.96. The van der Waals surface area contributed by atoms with Gasteiger partial charge in [0.15, 0.2) is 0 Å². The average Bonchev–Trinajstić information content (AvgIpc) is 1.90. The maximum absolute atomic E-state index is 4.96. The van der Waals surface area contributed by atoms with Gasteiger partial charge in [0, 0.05) is 0 Å². The Morgan fingerprint density at radius 1 is 1.09 bits per heavy atom. The second kappa shape index (κ2) is 12.0. The van der Waals surface area contributed by atoms with E-state index in [1.807, 2.05) is 12.1 Å². The van der Waals surface area contributed by atoms with E-state index in [0.717, 1.165) is 30.9 Å². The van der Waals surface area contributed by atoms with E-state index in [-0.39, 0.29) is 71.9 Å². The Balaban J connectivity index is -0.000000213. The van der Waals surface area contributed by atoms with Crippen molar-refractivity contribution < 1.29 is 99.9 Å². The summed E-state index contributed by atoms with van der Waals surface area (Å²) in [5.74, 6) is 0.887. The van der Waals surface area contributed by atoms with E-state index in [9.17, 15) is 0 Å². The zero-order valence-electron chi connectivity index (χ0n) is 5.30. The molecule has 0 saturated carbocycles. The van der Waals surface area contributed by atoms with Crippen molar-refractivity contribution in [3.63, 3.8) is 0 Å². The molecule has 1 aromatic rings. The summed E-state index contributed by atoms with van der Waals surface area (Å²) in [7, 11) is 0. The van der Waals surface area contributed by atoms with Gasteiger partial charge in [-0.2, -0.15) is 0 Å². The summed E-state index contributed by atoms with van der Waals surface area (Å²) in [6.45, 7) is 0. The predicted octanol–water partition coefficient (Wildman–Crippen LogP) is -8.07. The number of nitrogens with zero attached hydrogens (tertiary/aromatic N) is 1. The van der Waals surface area contributed by atoms with Crippen LogP contribution in [0.3, 0.4) is 0 Å². The zero-order chi connectivity index (χ0) is 5.82. The number of rotatable bonds is 1. The minimum absolute atomic E-state index is 0. The third-order valence-electron chi connectivity index (χ3n) is 0.768. The molecule has 0 aliphatic rings. The van der Waals surface area contributed by atoms with Gasteiger partial charge >= 0.3 is 63.2 Å². The molecular formula is C5H4I3NOZr. The first-order valence-corrected chi connectivity index (χ1v) is 3.17. The quantitative estimate of drug-likeness (QED) is 0.316. The van der Waals surface area contributed by atoms with Crippen LogP contribution in [0, 0.1) is 0 Å². The Hall–Kier alpha value is 2.02. The van der Waals surface area contributed by atoms with E-state index in [4.69, 9.17) is 2.81 Å². The van der Waals surface area contributed by atoms with Crippen molar-refractivity contribution >= 4 is 0 Å². The van der Waals surface area contributed by atoms with Crippen molar-refractivity contribution in [1.29, 1.82) is 0 Å². The molecule has 0 spiro atoms. The van der Waals surface area contributed by atoms with E-state index >= 15 is 0 Å². The predicted molar refractivity (Wildman–Crippen MR) is 24.9 cm³/mol. The summed E-state index contributed by atoms with van der Waals surface area (Å²) in [4.78, 5) is 3.82. The molecule has 0 unspecified atom stereocenters. The standard InChI is InChI=1S/C5H5NO.3HI.Zr/c7-5-1-3-6-4-2-5;;;;/h1-4H,(H,6,7);3*1H;/q;;;;+4/p-4. The Morgan fingerprint density at radius 2 is 1.55 bits per heavy atom. The number of hydrogen-bond acceptors (Lipinski definition) is 2. The van der Waals surface area contributed by atoms with Gasteiger partial charge in [0.25, 0.3) is 0 Å². The average molecular weight is 566 g/mol. The second-order valence-electron chi connectivity index (χ2n) is 1.28. The van der Waals surface area contributed by atoms with Crippen LogP contribution in [0.2, 0.25) is 0 Å². The molecule has 1 heterocycles. The van der Waals surface area contributed by atoms with Gasteiger partial charge < -0.3 is 71.9 Å². The molecule has 0 aromatic carbocycles. The van der Waals surface area contributed by atoms with Crippen molar-refractivity contribution in [2.24, 2.45) is 0 Å². The zero-order valence-corrected chi connectivity index (χ0v) is 14.2. The van der Waals surface area contributed by atoms with Crippen LogP contribution >= 0.6 is 0 Å². The summed E-state index contributed by atoms with van der Waals surface area (Å²) in [6.07, 6.45) is 3.42. The van der Waals surface area contributed by atoms with Gasteiger partial charge in [-0.3, -0.25) is 0 Å². The Morgan fingerprint density at radius 3 is 1.82 bits per heavy atom. The molecule has 0 saturated heterocycles. The van der Waals surface area contributed by atoms with Crippen molar-refractivity contribution in [3.8, 4) is 5.75 Å². The molecule has 6 heteroatoms. The SMILES string of the molecule is [I-].[I-].[I-].[Zr+3][O]c1ccncc1. The van der Waals surface area contributed by atoms with Crippen molar-refractivity contribution in [2.45, 2.75) is 0 Å². The molecule has 0 aliphatic carbocycles. The molecule has 60 valence electrons. The Kier molecular flexibility index (Phi) is 20.5. The van der Waals surface area contributed by atoms with Crippen molar-refractivity contribution in [1.82, 2.24) is 4.98 Å². The molecule has 0 fully saturated rings. The third kappa shape index (κ3) is 8.36. The van der Waals surface area contributed by atoms with Gasteiger partial charge in [-0.15, -0.1) is 0 Å². The molecule has 0 bridgehead atoms. The van der Waals surface area contributed by atoms with Crippen LogP contribution in [0.4, 0.5) is 0 Å². The number of halogens is 3. The van der Waals surface area contributed by atoms with Gasteiger partial charge in [-0.05, 0) is 0 Å². The van der Waals surface area contributed by atoms with Crippen molar-refractivity contribution in [2.75, 3.05) is 0 Å². The molecule has 1 aromatic heterocycles. The summed E-state index contributed by atoms with van der Waals surface area (Å²) in [6, 6.07) is 3.66. The van der Waals surface area contributed by atoms with Crippen LogP contribution in [0.5, 0.6) is 5.75 Å². The Labute approximate surface area is 133 Å². The van der Waals surface area contributed by atoms with Crippen LogP contribution in [0.15, 0.2) is 24.5 Å². The first-order valence-electron chi connectivity index (χ1n) is 2.17. The van der Waals surface area contributed by atoms with Crippen LogP contribution in [-0.4, -0.2) is 4.98 Å². The van der Waals surface area contributed by atoms with Gasteiger partial charge in [0.1, 0.15) is 0 Å². The number of hydrogen-bond donors (Lipinski definition) is 0. The monoisotopic (exact) mass is 565 g/mol. The van der Waals surface area contributed by atoms with E-state index < -0.39 is 0 Å². The fourth-order valence-electron chi connectivity index (χ4n) is 0.406. The third-order valence-corrected chi connectivity index (χ3v) is 1.35. The van der Waals surface area contributed by atoms with Crippen molar-refractivity contribution in [3.05, 3.63) is 24.5 Å². The normalized spacial score (nSPS) is 6.36. The summed E-state index contributed by atoms with van der Waals surface area (Å²) in [5.41, 5.74) is 0. The minimum atomic E-state index is 0. The second-order valence-corrected chi connectivity index (χ2v) is 1.79. The molecular weight excluding hydrogens is 562 g/mol. The molecule has 2 nitrogen and oxygen atoms in total. The van der Waals surface area contributed by atoms with Gasteiger partial charge in [-0.25, -0.2) is 0 Å². The van der Waals surface area contributed by atoms with Crippen LogP contribution < -0.4 is 74.7 Å². The molecule has 0 atom stereocenters. The maximum atomic E-state index is 4.96. The molecule has 1 rings (SSSR count). The van der Waals surface area contributed by atoms with E-state index in [1.165, 1.54) is 0 Å². The fraction of sp³-hybridized carbons (Fsp3) is 0. The molecule has 0 N–H and O–H groups in total. The van der Waals surface area contributed by atoms with Gasteiger partial charge in [0.2, 0.25) is 0 Å². The molecule has 0 amide bonds. The summed E-state index contributed by atoms with van der Waals surface area (Å²) >= 11 is 1.06. The van der Waals surface area contributed by atoms with Crippen LogP contribution in [0.1, 0.15) is 0 Å². The Bertz CT molecular complexity index is 163. The first kappa shape index (κ1) is 18.7. The summed E-state index contributed by atoms with van der Waals surface area (Å²) in [5, 5.41) is 0. The van der Waals surface area contributed by atoms with Gasteiger partial charge in [-0.1, -0.05) is 0 Å². The fourth-order valence-corrected chi connectivity index (χ4v) is 0.741. The molecule has 11 heavy (non-hydrogen) atoms. The van der Waals surface area contributed by atoms with E-state index in [0.29, 0.717) is 0 Å². The molecule has 0 radical (unpaired) electrons. The number of aromatic nitrogens is 1. The topological polar surface area (TPSA) is 22.1 Å². The van der Waals surface area contributed by atoms with E-state index in [2.05, 4.69) is 4.98 Å².